The number of amides is 1. The molecular formula is C28H28N2O3. The largest absolute Gasteiger partial charge is 0.469 e. The molecule has 0 aliphatic rings. The highest BCUT2D eigenvalue weighted by Crippen LogP contribution is 2.22. The van der Waals surface area contributed by atoms with Crippen molar-refractivity contribution in [3.05, 3.63) is 95.1 Å². The van der Waals surface area contributed by atoms with Gasteiger partial charge < -0.3 is 10.1 Å². The van der Waals surface area contributed by atoms with Gasteiger partial charge in [0, 0.05) is 11.6 Å². The predicted octanol–water partition coefficient (Wildman–Crippen LogP) is 4.94. The highest BCUT2D eigenvalue weighted by atomic mass is 16.5. The van der Waals surface area contributed by atoms with Gasteiger partial charge in [0.05, 0.1) is 24.7 Å². The Balaban J connectivity index is 1.72. The van der Waals surface area contributed by atoms with Crippen LogP contribution in [0.4, 0.5) is 0 Å². The molecule has 0 aliphatic carbocycles. The van der Waals surface area contributed by atoms with Gasteiger partial charge in [-0.2, -0.15) is 5.26 Å². The summed E-state index contributed by atoms with van der Waals surface area (Å²) in [5.74, 6) is -1.24. The number of methoxy groups -OCH3 is 1. The predicted molar refractivity (Wildman–Crippen MR) is 129 cm³/mol. The molecule has 5 nitrogen and oxygen atoms in total. The lowest BCUT2D eigenvalue weighted by molar-refractivity contribution is -0.146. The summed E-state index contributed by atoms with van der Waals surface area (Å²) in [6, 6.07) is 24.5. The molecule has 0 bridgehead atoms. The smallest absolute Gasteiger partial charge is 0.311 e. The topological polar surface area (TPSA) is 79.2 Å². The van der Waals surface area contributed by atoms with Gasteiger partial charge >= 0.3 is 5.97 Å². The number of aryl methyl sites for hydroxylation is 1. The number of esters is 1. The van der Waals surface area contributed by atoms with E-state index in [0.29, 0.717) is 17.5 Å². The molecule has 0 spiro atoms. The Labute approximate surface area is 195 Å². The summed E-state index contributed by atoms with van der Waals surface area (Å²) in [6.07, 6.45) is 1.32. The number of benzene rings is 3. The molecule has 0 fully saturated rings. The van der Waals surface area contributed by atoms with Crippen LogP contribution in [0.3, 0.4) is 0 Å². The number of nitrogens with one attached hydrogen (secondary N) is 1. The Bertz CT molecular complexity index is 1160. The van der Waals surface area contributed by atoms with Gasteiger partial charge in [-0.05, 0) is 66.3 Å². The molecule has 0 heterocycles. The Morgan fingerprint density at radius 3 is 2.33 bits per heavy atom. The van der Waals surface area contributed by atoms with Crippen LogP contribution >= 0.6 is 0 Å². The fraction of sp³-hybridized carbons (Fsp3) is 0.250. The zero-order valence-electron chi connectivity index (χ0n) is 19.2. The fourth-order valence-corrected chi connectivity index (χ4v) is 3.81. The maximum atomic E-state index is 12.9. The average Bonchev–Trinajstić information content (AvgIpc) is 2.86. The first kappa shape index (κ1) is 23.7. The normalized spacial score (nSPS) is 12.3. The molecule has 0 aromatic heterocycles. The lowest BCUT2D eigenvalue weighted by atomic mass is 9.92. The second-order valence-electron chi connectivity index (χ2n) is 8.04. The summed E-state index contributed by atoms with van der Waals surface area (Å²) in [5, 5.41) is 12.1. The number of nitriles is 1. The minimum absolute atomic E-state index is 0.254. The minimum Gasteiger partial charge on any atom is -0.469 e. The second-order valence-corrected chi connectivity index (χ2v) is 8.04. The minimum atomic E-state index is -0.580. The molecule has 1 amide bonds. The summed E-state index contributed by atoms with van der Waals surface area (Å²) < 4.78 is 4.98. The van der Waals surface area contributed by atoms with Crippen molar-refractivity contribution in [2.75, 3.05) is 7.11 Å². The Morgan fingerprint density at radius 1 is 0.970 bits per heavy atom. The van der Waals surface area contributed by atoms with Gasteiger partial charge in [-0.3, -0.25) is 9.59 Å². The van der Waals surface area contributed by atoms with E-state index in [9.17, 15) is 9.59 Å². The third kappa shape index (κ3) is 6.08. The van der Waals surface area contributed by atoms with Crippen molar-refractivity contribution in [2.45, 2.75) is 32.7 Å². The molecule has 0 saturated carbocycles. The molecule has 3 rings (SSSR count). The number of hydrogen-bond acceptors (Lipinski definition) is 4. The van der Waals surface area contributed by atoms with Gasteiger partial charge in [-0.15, -0.1) is 0 Å². The Morgan fingerprint density at radius 2 is 1.67 bits per heavy atom. The van der Waals surface area contributed by atoms with Crippen LogP contribution in [0, 0.1) is 17.2 Å². The molecule has 2 unspecified atom stereocenters. The van der Waals surface area contributed by atoms with E-state index in [4.69, 9.17) is 10.00 Å². The Hall–Kier alpha value is -3.91. The second kappa shape index (κ2) is 11.1. The number of hydrogen-bond donors (Lipinski definition) is 1. The van der Waals surface area contributed by atoms with Crippen molar-refractivity contribution >= 4 is 11.9 Å². The van der Waals surface area contributed by atoms with Gasteiger partial charge in [0.1, 0.15) is 0 Å². The number of carbonyl (C=O) groups excluding carboxylic acids is 2. The van der Waals surface area contributed by atoms with Crippen molar-refractivity contribution in [3.63, 3.8) is 0 Å². The van der Waals surface area contributed by atoms with Crippen LogP contribution in [0.15, 0.2) is 72.8 Å². The maximum absolute atomic E-state index is 12.9. The van der Waals surface area contributed by atoms with Gasteiger partial charge in [-0.1, -0.05) is 55.5 Å². The molecular weight excluding hydrogens is 412 g/mol. The first-order valence-corrected chi connectivity index (χ1v) is 11.0. The lowest BCUT2D eigenvalue weighted by Crippen LogP contribution is -2.42. The van der Waals surface area contributed by atoms with Gasteiger partial charge in [0.2, 0.25) is 0 Å². The molecule has 0 aliphatic heterocycles. The molecule has 3 aromatic rings. The van der Waals surface area contributed by atoms with Crippen LogP contribution in [0.1, 0.15) is 40.9 Å². The van der Waals surface area contributed by atoms with Gasteiger partial charge in [0.25, 0.3) is 5.91 Å². The summed E-state index contributed by atoms with van der Waals surface area (Å²) in [7, 11) is 1.34. The van der Waals surface area contributed by atoms with Crippen molar-refractivity contribution in [1.82, 2.24) is 5.32 Å². The highest BCUT2D eigenvalue weighted by Gasteiger charge is 2.28. The van der Waals surface area contributed by atoms with Crippen LogP contribution < -0.4 is 5.32 Å². The van der Waals surface area contributed by atoms with Crippen LogP contribution in [0.25, 0.3) is 11.1 Å². The monoisotopic (exact) mass is 440 g/mol. The fourth-order valence-electron chi connectivity index (χ4n) is 3.81. The van der Waals surface area contributed by atoms with Crippen LogP contribution in [0.2, 0.25) is 0 Å². The van der Waals surface area contributed by atoms with Crippen molar-refractivity contribution in [3.8, 4) is 17.2 Å². The molecule has 33 heavy (non-hydrogen) atoms. The molecule has 0 radical (unpaired) electrons. The average molecular weight is 441 g/mol. The zero-order valence-corrected chi connectivity index (χ0v) is 19.2. The van der Waals surface area contributed by atoms with E-state index in [2.05, 4.69) is 36.5 Å². The molecule has 0 saturated heterocycles. The van der Waals surface area contributed by atoms with E-state index in [1.807, 2.05) is 24.3 Å². The van der Waals surface area contributed by atoms with E-state index >= 15 is 0 Å². The molecule has 5 heteroatoms. The van der Waals surface area contributed by atoms with Crippen LogP contribution in [0.5, 0.6) is 0 Å². The van der Waals surface area contributed by atoms with E-state index < -0.39 is 17.9 Å². The van der Waals surface area contributed by atoms with E-state index in [-0.39, 0.29) is 5.91 Å². The number of rotatable bonds is 8. The highest BCUT2D eigenvalue weighted by molar-refractivity contribution is 5.95. The van der Waals surface area contributed by atoms with Crippen LogP contribution in [-0.4, -0.2) is 25.0 Å². The quantitative estimate of drug-likeness (QED) is 0.503. The van der Waals surface area contributed by atoms with Crippen molar-refractivity contribution in [1.29, 1.82) is 5.26 Å². The standard InChI is InChI=1S/C28H28N2O3/c1-4-20-7-6-10-25(16-20)23-11-13-24(14-12-23)27(31)30-19(2)26(28(32)33-3)17-21-8-5-9-22(15-21)18-29/h5-16,19,26H,4,17H2,1-3H3,(H,30,31). The van der Waals surface area contributed by atoms with E-state index in [1.165, 1.54) is 12.7 Å². The first-order valence-electron chi connectivity index (χ1n) is 11.0. The lowest BCUT2D eigenvalue weighted by Gasteiger charge is -2.23. The molecule has 1 N–H and O–H groups in total. The van der Waals surface area contributed by atoms with E-state index in [0.717, 1.165) is 23.1 Å². The van der Waals surface area contributed by atoms with Gasteiger partial charge in [-0.25, -0.2) is 0 Å². The van der Waals surface area contributed by atoms with Crippen molar-refractivity contribution in [2.24, 2.45) is 5.92 Å². The summed E-state index contributed by atoms with van der Waals surface area (Å²) >= 11 is 0. The Kier molecular flexibility index (Phi) is 7.99. The maximum Gasteiger partial charge on any atom is 0.311 e. The summed E-state index contributed by atoms with van der Waals surface area (Å²) in [4.78, 5) is 25.3. The third-order valence-corrected chi connectivity index (χ3v) is 5.79. The summed E-state index contributed by atoms with van der Waals surface area (Å²) in [5.41, 5.74) is 5.30. The molecule has 3 aromatic carbocycles. The molecule has 168 valence electrons. The van der Waals surface area contributed by atoms with E-state index in [1.54, 1.807) is 37.3 Å². The van der Waals surface area contributed by atoms with Gasteiger partial charge in [0.15, 0.2) is 0 Å². The number of nitrogens with zero attached hydrogens (tertiary/aromatic N) is 1. The van der Waals surface area contributed by atoms with Crippen LogP contribution in [-0.2, 0) is 22.4 Å². The SMILES string of the molecule is CCc1cccc(-c2ccc(C(=O)NC(C)C(Cc3cccc(C#N)c3)C(=O)OC)cc2)c1. The summed E-state index contributed by atoms with van der Waals surface area (Å²) in [6.45, 7) is 3.91. The number of carbonyl (C=O) groups is 2. The third-order valence-electron chi connectivity index (χ3n) is 5.79. The zero-order chi connectivity index (χ0) is 23.8. The first-order chi connectivity index (χ1) is 15.9. The van der Waals surface area contributed by atoms with Crippen molar-refractivity contribution < 1.29 is 14.3 Å². The molecule has 2 atom stereocenters. The number of ether oxygens (including phenoxy) is 1.